The average Bonchev–Trinajstić information content (AvgIpc) is 3.78. The minimum atomic E-state index is -0.507. The topological polar surface area (TPSA) is 109 Å². The Hall–Kier alpha value is -3.88. The van der Waals surface area contributed by atoms with Gasteiger partial charge in [0.15, 0.2) is 0 Å². The van der Waals surface area contributed by atoms with E-state index in [0.29, 0.717) is 29.0 Å². The molecule has 1 aromatic carbocycles. The molecular formula is C27H29FN6O2. The molecule has 3 N–H and O–H groups in total. The van der Waals surface area contributed by atoms with Crippen molar-refractivity contribution in [3.63, 3.8) is 0 Å². The number of hydrogen-bond donors (Lipinski definition) is 3. The Bertz CT molecular complexity index is 1320. The largest absolute Gasteiger partial charge is 0.338 e. The Morgan fingerprint density at radius 2 is 1.92 bits per heavy atom. The molecule has 2 heterocycles. The van der Waals surface area contributed by atoms with Crippen molar-refractivity contribution in [1.29, 1.82) is 0 Å². The summed E-state index contributed by atoms with van der Waals surface area (Å²) in [5, 5.41) is 16.7. The van der Waals surface area contributed by atoms with Crippen LogP contribution in [0.4, 0.5) is 20.7 Å². The molecule has 3 aromatic rings. The van der Waals surface area contributed by atoms with E-state index in [0.717, 1.165) is 36.0 Å². The fourth-order valence-electron chi connectivity index (χ4n) is 4.07. The molecule has 5 rings (SSSR count). The van der Waals surface area contributed by atoms with E-state index >= 15 is 0 Å². The van der Waals surface area contributed by atoms with Crippen LogP contribution in [0, 0.1) is 24.1 Å². The smallest absolute Gasteiger partial charge is 0.319 e. The van der Waals surface area contributed by atoms with Crippen LogP contribution in [0.25, 0.3) is 22.4 Å². The number of aryl methyl sites for hydroxylation is 1. The molecule has 0 atom stereocenters. The van der Waals surface area contributed by atoms with Crippen LogP contribution >= 0.6 is 0 Å². The highest BCUT2D eigenvalue weighted by atomic mass is 19.1. The number of anilines is 2. The van der Waals surface area contributed by atoms with Gasteiger partial charge in [0.2, 0.25) is 5.91 Å². The van der Waals surface area contributed by atoms with Crippen molar-refractivity contribution < 1.29 is 14.0 Å². The first kappa shape index (κ1) is 23.8. The highest BCUT2D eigenvalue weighted by Crippen LogP contribution is 2.47. The molecule has 2 aliphatic rings. The monoisotopic (exact) mass is 488 g/mol. The summed E-state index contributed by atoms with van der Waals surface area (Å²) >= 11 is 0. The van der Waals surface area contributed by atoms with Crippen molar-refractivity contribution in [2.24, 2.45) is 11.3 Å². The second-order valence-corrected chi connectivity index (χ2v) is 10.1. The minimum absolute atomic E-state index is 0.0211. The SMILES string of the molecule is Cc1cc(F)c(NC(=O)NCCC2(C)CC2)cc1-c1cnnc(-c2ccnc(NC(=O)C3CC3)c2)c1. The van der Waals surface area contributed by atoms with Gasteiger partial charge in [-0.3, -0.25) is 4.79 Å². The van der Waals surface area contributed by atoms with Crippen LogP contribution < -0.4 is 16.0 Å². The summed E-state index contributed by atoms with van der Waals surface area (Å²) in [5.74, 6) is 0.00865. The molecule has 2 fully saturated rings. The number of rotatable bonds is 8. The maximum absolute atomic E-state index is 14.7. The molecule has 2 aromatic heterocycles. The van der Waals surface area contributed by atoms with E-state index in [1.165, 1.54) is 18.9 Å². The lowest BCUT2D eigenvalue weighted by Crippen LogP contribution is -2.30. The fraction of sp³-hybridized carbons (Fsp3) is 0.370. The Kier molecular flexibility index (Phi) is 6.38. The lowest BCUT2D eigenvalue weighted by Gasteiger charge is -2.14. The van der Waals surface area contributed by atoms with Crippen LogP contribution in [-0.2, 0) is 4.79 Å². The van der Waals surface area contributed by atoms with E-state index < -0.39 is 11.8 Å². The standard InChI is InChI=1S/C27H29FN6O2/c1-16-11-21(28)23(32-26(36)30-10-8-27(2)6-7-27)14-20(16)19-12-22(34-31-15-19)18-5-9-29-24(13-18)33-25(35)17-3-4-17/h5,9,11-15,17H,3-4,6-8,10H2,1-2H3,(H,29,33,35)(H2,30,32,36). The third-order valence-electron chi connectivity index (χ3n) is 6.90. The van der Waals surface area contributed by atoms with Crippen LogP contribution in [0.1, 0.15) is 44.6 Å². The van der Waals surface area contributed by atoms with Crippen molar-refractivity contribution in [3.05, 3.63) is 54.1 Å². The molecule has 3 amide bonds. The number of amides is 3. The maximum Gasteiger partial charge on any atom is 0.319 e. The molecule has 0 spiro atoms. The Labute approximate surface area is 209 Å². The number of pyridine rings is 1. The fourth-order valence-corrected chi connectivity index (χ4v) is 4.07. The number of urea groups is 1. The Balaban J connectivity index is 1.33. The molecule has 0 unspecified atom stereocenters. The number of aromatic nitrogens is 3. The van der Waals surface area contributed by atoms with Gasteiger partial charge in [0.1, 0.15) is 11.6 Å². The first-order valence-corrected chi connectivity index (χ1v) is 12.3. The highest BCUT2D eigenvalue weighted by Gasteiger charge is 2.36. The minimum Gasteiger partial charge on any atom is -0.338 e. The first-order valence-electron chi connectivity index (χ1n) is 12.3. The molecule has 2 saturated carbocycles. The van der Waals surface area contributed by atoms with Gasteiger partial charge in [-0.15, -0.1) is 0 Å². The number of halogens is 1. The predicted octanol–water partition coefficient (Wildman–Crippen LogP) is 5.31. The van der Waals surface area contributed by atoms with Gasteiger partial charge in [-0.2, -0.15) is 10.2 Å². The molecule has 0 saturated heterocycles. The number of carbonyl (C=O) groups excluding carboxylic acids is 2. The van der Waals surface area contributed by atoms with Gasteiger partial charge in [-0.1, -0.05) is 6.92 Å². The maximum atomic E-state index is 14.7. The van der Waals surface area contributed by atoms with Crippen LogP contribution in [-0.4, -0.2) is 33.7 Å². The zero-order valence-electron chi connectivity index (χ0n) is 20.4. The average molecular weight is 489 g/mol. The lowest BCUT2D eigenvalue weighted by atomic mass is 9.99. The summed E-state index contributed by atoms with van der Waals surface area (Å²) < 4.78 is 14.7. The number of nitrogens with one attached hydrogen (secondary N) is 3. The van der Waals surface area contributed by atoms with Crippen LogP contribution in [0.5, 0.6) is 0 Å². The molecule has 186 valence electrons. The number of nitrogens with zero attached hydrogens (tertiary/aromatic N) is 3. The Morgan fingerprint density at radius 3 is 2.67 bits per heavy atom. The third-order valence-corrected chi connectivity index (χ3v) is 6.90. The molecule has 0 bridgehead atoms. The van der Waals surface area contributed by atoms with Crippen LogP contribution in [0.2, 0.25) is 0 Å². The quantitative estimate of drug-likeness (QED) is 0.398. The van der Waals surface area contributed by atoms with Crippen molar-refractivity contribution in [2.45, 2.75) is 46.0 Å². The molecule has 8 nitrogen and oxygen atoms in total. The van der Waals surface area contributed by atoms with E-state index in [9.17, 15) is 14.0 Å². The number of hydrogen-bond acceptors (Lipinski definition) is 5. The zero-order chi connectivity index (χ0) is 25.3. The summed E-state index contributed by atoms with van der Waals surface area (Å²) in [5.41, 5.74) is 3.91. The van der Waals surface area contributed by atoms with Crippen molar-refractivity contribution >= 4 is 23.4 Å². The molecule has 2 aliphatic carbocycles. The van der Waals surface area contributed by atoms with E-state index in [1.54, 1.807) is 37.5 Å². The lowest BCUT2D eigenvalue weighted by molar-refractivity contribution is -0.117. The number of carbonyl (C=O) groups is 2. The summed E-state index contributed by atoms with van der Waals surface area (Å²) in [7, 11) is 0. The molecule has 9 heteroatoms. The summed E-state index contributed by atoms with van der Waals surface area (Å²) in [4.78, 5) is 28.7. The van der Waals surface area contributed by atoms with Gasteiger partial charge in [0, 0.05) is 29.8 Å². The second kappa shape index (κ2) is 9.64. The van der Waals surface area contributed by atoms with Crippen LogP contribution in [0.3, 0.4) is 0 Å². The summed E-state index contributed by atoms with van der Waals surface area (Å²) in [6.45, 7) is 4.55. The van der Waals surface area contributed by atoms with Gasteiger partial charge in [-0.05, 0) is 85.9 Å². The highest BCUT2D eigenvalue weighted by molar-refractivity contribution is 5.94. The zero-order valence-corrected chi connectivity index (χ0v) is 20.4. The van der Waals surface area contributed by atoms with Gasteiger partial charge >= 0.3 is 6.03 Å². The molecule has 0 radical (unpaired) electrons. The van der Waals surface area contributed by atoms with E-state index in [1.807, 2.05) is 6.07 Å². The third kappa shape index (κ3) is 5.67. The van der Waals surface area contributed by atoms with Gasteiger partial charge in [-0.25, -0.2) is 14.2 Å². The molecular weight excluding hydrogens is 459 g/mol. The summed E-state index contributed by atoms with van der Waals surface area (Å²) in [6.07, 6.45) is 8.31. The van der Waals surface area contributed by atoms with E-state index in [-0.39, 0.29) is 17.5 Å². The summed E-state index contributed by atoms with van der Waals surface area (Å²) in [6, 6.07) is 7.96. The normalized spacial score (nSPS) is 15.8. The van der Waals surface area contributed by atoms with E-state index in [2.05, 4.69) is 38.1 Å². The molecule has 36 heavy (non-hydrogen) atoms. The van der Waals surface area contributed by atoms with Gasteiger partial charge < -0.3 is 16.0 Å². The van der Waals surface area contributed by atoms with Crippen molar-refractivity contribution in [1.82, 2.24) is 20.5 Å². The second-order valence-electron chi connectivity index (χ2n) is 10.1. The van der Waals surface area contributed by atoms with Crippen molar-refractivity contribution in [3.8, 4) is 22.4 Å². The van der Waals surface area contributed by atoms with Crippen LogP contribution in [0.15, 0.2) is 42.7 Å². The predicted molar refractivity (Wildman–Crippen MR) is 136 cm³/mol. The Morgan fingerprint density at radius 1 is 1.11 bits per heavy atom. The molecule has 0 aliphatic heterocycles. The number of benzene rings is 1. The first-order chi connectivity index (χ1) is 17.3. The van der Waals surface area contributed by atoms with Crippen molar-refractivity contribution in [2.75, 3.05) is 17.2 Å². The van der Waals surface area contributed by atoms with E-state index in [4.69, 9.17) is 0 Å². The van der Waals surface area contributed by atoms with Gasteiger partial charge in [0.25, 0.3) is 0 Å². The van der Waals surface area contributed by atoms with Gasteiger partial charge in [0.05, 0.1) is 17.6 Å².